The minimum atomic E-state index is -0.0774. The van der Waals surface area contributed by atoms with Crippen molar-refractivity contribution in [2.45, 2.75) is 39.3 Å². The Hall–Kier alpha value is -1.45. The Morgan fingerprint density at radius 1 is 1.20 bits per heavy atom. The molecule has 0 fully saturated rings. The van der Waals surface area contributed by atoms with Crippen molar-refractivity contribution in [2.75, 3.05) is 13.1 Å². The van der Waals surface area contributed by atoms with Crippen molar-refractivity contribution >= 4 is 10.9 Å². The summed E-state index contributed by atoms with van der Waals surface area (Å²) in [4.78, 5) is 6.83. The summed E-state index contributed by atoms with van der Waals surface area (Å²) in [6, 6.07) is 10.4. The van der Waals surface area contributed by atoms with E-state index < -0.39 is 0 Å². The third kappa shape index (κ3) is 2.69. The van der Waals surface area contributed by atoms with Crippen LogP contribution in [0, 0.1) is 0 Å². The summed E-state index contributed by atoms with van der Waals surface area (Å²) in [5.74, 6) is 0. The monoisotopic (exact) mass is 271 g/mol. The number of aromatic nitrogens is 1. The molecule has 0 aliphatic carbocycles. The number of hydrogen-bond donors (Lipinski definition) is 1. The van der Waals surface area contributed by atoms with E-state index in [2.05, 4.69) is 61.8 Å². The standard InChI is InChI=1S/C17H25N3/c1-5-20(6-2)17(3,4)16(18)14-10-9-13-8-7-11-19-15(13)12-14/h7-12,16H,5-6,18H2,1-4H3. The van der Waals surface area contributed by atoms with Crippen LogP contribution >= 0.6 is 0 Å². The first kappa shape index (κ1) is 14.9. The van der Waals surface area contributed by atoms with Crippen molar-refractivity contribution in [1.29, 1.82) is 0 Å². The van der Waals surface area contributed by atoms with Crippen LogP contribution in [0.15, 0.2) is 36.5 Å². The number of hydrogen-bond acceptors (Lipinski definition) is 3. The van der Waals surface area contributed by atoms with Crippen molar-refractivity contribution in [1.82, 2.24) is 9.88 Å². The van der Waals surface area contributed by atoms with E-state index in [0.29, 0.717) is 0 Å². The second kappa shape index (κ2) is 5.90. The number of likely N-dealkylation sites (N-methyl/N-ethyl adjacent to an activating group) is 1. The maximum atomic E-state index is 6.55. The van der Waals surface area contributed by atoms with Gasteiger partial charge in [0.1, 0.15) is 0 Å². The lowest BCUT2D eigenvalue weighted by atomic mass is 9.87. The number of pyridine rings is 1. The quantitative estimate of drug-likeness (QED) is 0.906. The second-order valence-corrected chi connectivity index (χ2v) is 5.76. The largest absolute Gasteiger partial charge is 0.322 e. The van der Waals surface area contributed by atoms with Crippen LogP contribution in [-0.2, 0) is 0 Å². The van der Waals surface area contributed by atoms with Gasteiger partial charge in [0.15, 0.2) is 0 Å². The maximum absolute atomic E-state index is 6.55. The number of nitrogens with zero attached hydrogens (tertiary/aromatic N) is 2. The molecule has 3 nitrogen and oxygen atoms in total. The third-order valence-electron chi connectivity index (χ3n) is 4.33. The Kier molecular flexibility index (Phi) is 4.41. The molecular formula is C17H25N3. The van der Waals surface area contributed by atoms with Gasteiger partial charge in [-0.05, 0) is 44.6 Å². The highest BCUT2D eigenvalue weighted by molar-refractivity contribution is 5.79. The molecule has 0 bridgehead atoms. The van der Waals surface area contributed by atoms with E-state index in [1.54, 1.807) is 0 Å². The second-order valence-electron chi connectivity index (χ2n) is 5.76. The maximum Gasteiger partial charge on any atom is 0.0705 e. The summed E-state index contributed by atoms with van der Waals surface area (Å²) in [5, 5.41) is 1.16. The van der Waals surface area contributed by atoms with Gasteiger partial charge >= 0.3 is 0 Å². The molecule has 0 spiro atoms. The molecule has 0 amide bonds. The van der Waals surface area contributed by atoms with Gasteiger partial charge in [-0.25, -0.2) is 0 Å². The molecule has 2 N–H and O–H groups in total. The normalized spacial score (nSPS) is 13.9. The number of benzene rings is 1. The molecule has 0 saturated carbocycles. The molecule has 0 aliphatic rings. The van der Waals surface area contributed by atoms with Gasteiger partial charge in [0.05, 0.1) is 5.52 Å². The minimum absolute atomic E-state index is 0.0335. The molecule has 2 aromatic rings. The molecule has 1 heterocycles. The van der Waals surface area contributed by atoms with E-state index in [0.717, 1.165) is 29.6 Å². The molecular weight excluding hydrogens is 246 g/mol. The third-order valence-corrected chi connectivity index (χ3v) is 4.33. The van der Waals surface area contributed by atoms with Crippen molar-refractivity contribution < 1.29 is 0 Å². The van der Waals surface area contributed by atoms with Crippen LogP contribution in [0.25, 0.3) is 10.9 Å². The van der Waals surface area contributed by atoms with Gasteiger partial charge in [0, 0.05) is 23.2 Å². The van der Waals surface area contributed by atoms with E-state index >= 15 is 0 Å². The minimum Gasteiger partial charge on any atom is -0.322 e. The van der Waals surface area contributed by atoms with Gasteiger partial charge in [-0.15, -0.1) is 0 Å². The molecule has 0 saturated heterocycles. The summed E-state index contributed by atoms with van der Waals surface area (Å²) in [6.07, 6.45) is 1.83. The van der Waals surface area contributed by atoms with E-state index in [-0.39, 0.29) is 11.6 Å². The fraction of sp³-hybridized carbons (Fsp3) is 0.471. The van der Waals surface area contributed by atoms with Crippen LogP contribution in [0.2, 0.25) is 0 Å². The molecule has 20 heavy (non-hydrogen) atoms. The Morgan fingerprint density at radius 2 is 1.90 bits per heavy atom. The van der Waals surface area contributed by atoms with Gasteiger partial charge in [-0.1, -0.05) is 32.0 Å². The molecule has 1 unspecified atom stereocenters. The highest BCUT2D eigenvalue weighted by Crippen LogP contribution is 2.30. The average Bonchev–Trinajstić information content (AvgIpc) is 2.47. The summed E-state index contributed by atoms with van der Waals surface area (Å²) in [5.41, 5.74) is 8.63. The predicted molar refractivity (Wildman–Crippen MR) is 85.7 cm³/mol. The summed E-state index contributed by atoms with van der Waals surface area (Å²) in [6.45, 7) is 10.8. The molecule has 0 aliphatic heterocycles. The molecule has 3 heteroatoms. The van der Waals surface area contributed by atoms with Crippen LogP contribution in [0.3, 0.4) is 0 Å². The average molecular weight is 271 g/mol. The zero-order chi connectivity index (χ0) is 14.8. The number of rotatable bonds is 5. The Morgan fingerprint density at radius 3 is 2.55 bits per heavy atom. The van der Waals surface area contributed by atoms with Crippen LogP contribution < -0.4 is 5.73 Å². The van der Waals surface area contributed by atoms with Gasteiger partial charge in [-0.2, -0.15) is 0 Å². The van der Waals surface area contributed by atoms with Crippen LogP contribution in [0.1, 0.15) is 39.3 Å². The SMILES string of the molecule is CCN(CC)C(C)(C)C(N)c1ccc2cccnc2c1. The van der Waals surface area contributed by atoms with E-state index in [9.17, 15) is 0 Å². The molecule has 108 valence electrons. The fourth-order valence-corrected chi connectivity index (χ4v) is 2.92. The van der Waals surface area contributed by atoms with Crippen molar-refractivity contribution in [2.24, 2.45) is 5.73 Å². The Labute approximate surface area is 121 Å². The summed E-state index contributed by atoms with van der Waals surface area (Å²) in [7, 11) is 0. The lowest BCUT2D eigenvalue weighted by molar-refractivity contribution is 0.107. The van der Waals surface area contributed by atoms with Crippen molar-refractivity contribution in [3.63, 3.8) is 0 Å². The lowest BCUT2D eigenvalue weighted by Crippen LogP contribution is -2.51. The zero-order valence-corrected chi connectivity index (χ0v) is 12.9. The van der Waals surface area contributed by atoms with Gasteiger partial charge in [-0.3, -0.25) is 9.88 Å². The van der Waals surface area contributed by atoms with E-state index in [1.165, 1.54) is 0 Å². The topological polar surface area (TPSA) is 42.1 Å². The lowest BCUT2D eigenvalue weighted by Gasteiger charge is -2.42. The molecule has 1 atom stereocenters. The van der Waals surface area contributed by atoms with Crippen molar-refractivity contribution in [3.8, 4) is 0 Å². The predicted octanol–water partition coefficient (Wildman–Crippen LogP) is 3.36. The summed E-state index contributed by atoms with van der Waals surface area (Å²) >= 11 is 0. The molecule has 2 rings (SSSR count). The van der Waals surface area contributed by atoms with E-state index in [4.69, 9.17) is 5.73 Å². The van der Waals surface area contributed by atoms with Gasteiger partial charge in [0.25, 0.3) is 0 Å². The number of fused-ring (bicyclic) bond motifs is 1. The fourth-order valence-electron chi connectivity index (χ4n) is 2.92. The van der Waals surface area contributed by atoms with Crippen LogP contribution in [0.5, 0.6) is 0 Å². The van der Waals surface area contributed by atoms with Crippen LogP contribution in [0.4, 0.5) is 0 Å². The Balaban J connectivity index is 2.37. The Bertz CT molecular complexity index is 573. The first-order valence-corrected chi connectivity index (χ1v) is 7.36. The zero-order valence-electron chi connectivity index (χ0n) is 12.9. The molecule has 0 radical (unpaired) electrons. The molecule has 1 aromatic carbocycles. The smallest absolute Gasteiger partial charge is 0.0705 e. The van der Waals surface area contributed by atoms with Crippen molar-refractivity contribution in [3.05, 3.63) is 42.1 Å². The van der Waals surface area contributed by atoms with Gasteiger partial charge in [0.2, 0.25) is 0 Å². The van der Waals surface area contributed by atoms with Crippen LogP contribution in [-0.4, -0.2) is 28.5 Å². The number of nitrogens with two attached hydrogens (primary N) is 1. The highest BCUT2D eigenvalue weighted by atomic mass is 15.2. The first-order valence-electron chi connectivity index (χ1n) is 7.36. The van der Waals surface area contributed by atoms with Gasteiger partial charge < -0.3 is 5.73 Å². The summed E-state index contributed by atoms with van der Waals surface area (Å²) < 4.78 is 0. The van der Waals surface area contributed by atoms with E-state index in [1.807, 2.05) is 12.3 Å². The highest BCUT2D eigenvalue weighted by Gasteiger charge is 2.32. The first-order chi connectivity index (χ1) is 9.50. The molecule has 1 aromatic heterocycles.